The molecule has 2 heterocycles. The highest BCUT2D eigenvalue weighted by Gasteiger charge is 2.23. The first-order chi connectivity index (χ1) is 16.5. The lowest BCUT2D eigenvalue weighted by atomic mass is 9.89. The second-order valence-electron chi connectivity index (χ2n) is 8.46. The quantitative estimate of drug-likeness (QED) is 0.223. The number of ether oxygens (including phenoxy) is 2. The van der Waals surface area contributed by atoms with Gasteiger partial charge in [-0.05, 0) is 73.2 Å². The average Bonchev–Trinajstić information content (AvgIpc) is 3.20. The van der Waals surface area contributed by atoms with E-state index in [1.807, 2.05) is 42.5 Å². The van der Waals surface area contributed by atoms with Gasteiger partial charge in [0.2, 0.25) is 0 Å². The molecule has 0 unspecified atom stereocenters. The van der Waals surface area contributed by atoms with Crippen LogP contribution in [0.3, 0.4) is 0 Å². The van der Waals surface area contributed by atoms with Crippen LogP contribution in [0.2, 0.25) is 5.02 Å². The minimum absolute atomic E-state index is 0.0643. The third kappa shape index (κ3) is 4.83. The number of fused-ring (bicyclic) bond motifs is 3. The van der Waals surface area contributed by atoms with E-state index < -0.39 is 0 Å². The molecule has 1 atom stereocenters. The maximum absolute atomic E-state index is 13.0. The number of rotatable bonds is 7. The first-order valence-corrected chi connectivity index (χ1v) is 13.4. The van der Waals surface area contributed by atoms with E-state index in [2.05, 4.69) is 11.9 Å². The Bertz CT molecular complexity index is 1380. The molecule has 1 N–H and O–H groups in total. The van der Waals surface area contributed by atoms with Gasteiger partial charge in [-0.3, -0.25) is 4.79 Å². The smallest absolute Gasteiger partial charge is 0.260 e. The minimum Gasteiger partial charge on any atom is -0.493 e. The summed E-state index contributed by atoms with van der Waals surface area (Å²) < 4.78 is 11.5. The summed E-state index contributed by atoms with van der Waals surface area (Å²) in [7, 11) is 1.61. The lowest BCUT2D eigenvalue weighted by molar-refractivity contribution is 0.313. The van der Waals surface area contributed by atoms with Gasteiger partial charge in [-0.15, -0.1) is 23.1 Å². The van der Waals surface area contributed by atoms with E-state index in [0.29, 0.717) is 29.8 Å². The van der Waals surface area contributed by atoms with Crippen molar-refractivity contribution >= 4 is 44.9 Å². The van der Waals surface area contributed by atoms with Crippen molar-refractivity contribution < 1.29 is 9.47 Å². The number of hydrogen-bond donors (Lipinski definition) is 1. The molecule has 4 aromatic rings. The summed E-state index contributed by atoms with van der Waals surface area (Å²) in [6.07, 6.45) is 3.11. The van der Waals surface area contributed by atoms with Gasteiger partial charge in [0.15, 0.2) is 11.5 Å². The number of H-pyrrole nitrogens is 1. The van der Waals surface area contributed by atoms with Crippen molar-refractivity contribution in [3.8, 4) is 22.9 Å². The number of halogens is 1. The number of methoxy groups -OCH3 is 1. The Balaban J connectivity index is 1.33. The number of nitrogens with one attached hydrogen (secondary N) is 1. The fourth-order valence-electron chi connectivity index (χ4n) is 4.26. The highest BCUT2D eigenvalue weighted by molar-refractivity contribution is 7.99. The molecule has 5 nitrogen and oxygen atoms in total. The first kappa shape index (κ1) is 23.3. The van der Waals surface area contributed by atoms with Gasteiger partial charge < -0.3 is 14.5 Å². The number of aryl methyl sites for hydroxylation is 1. The number of thiophene rings is 1. The summed E-state index contributed by atoms with van der Waals surface area (Å²) in [6.45, 7) is 2.80. The van der Waals surface area contributed by atoms with Crippen LogP contribution in [-0.4, -0.2) is 29.4 Å². The molecule has 34 heavy (non-hydrogen) atoms. The van der Waals surface area contributed by atoms with Crippen LogP contribution in [0.1, 0.15) is 23.8 Å². The van der Waals surface area contributed by atoms with Crippen LogP contribution >= 0.6 is 34.7 Å². The van der Waals surface area contributed by atoms with Gasteiger partial charge in [0.1, 0.15) is 10.7 Å². The second-order valence-corrected chi connectivity index (χ2v) is 11.2. The highest BCUT2D eigenvalue weighted by Crippen LogP contribution is 2.37. The number of nitrogens with zero attached hydrogens (tertiary/aromatic N) is 1. The van der Waals surface area contributed by atoms with Crippen molar-refractivity contribution in [2.75, 3.05) is 19.5 Å². The molecule has 0 aliphatic heterocycles. The molecule has 0 saturated heterocycles. The molecule has 0 saturated carbocycles. The highest BCUT2D eigenvalue weighted by atomic mass is 35.5. The Hall–Kier alpha value is -2.48. The fourth-order valence-corrected chi connectivity index (χ4v) is 6.50. The third-order valence-electron chi connectivity index (χ3n) is 6.03. The third-order valence-corrected chi connectivity index (χ3v) is 8.40. The fraction of sp³-hybridized carbons (Fsp3) is 0.308. The van der Waals surface area contributed by atoms with Gasteiger partial charge in [-0.25, -0.2) is 4.98 Å². The van der Waals surface area contributed by atoms with Crippen molar-refractivity contribution in [2.45, 2.75) is 31.1 Å². The van der Waals surface area contributed by atoms with Crippen LogP contribution < -0.4 is 15.0 Å². The van der Waals surface area contributed by atoms with Gasteiger partial charge >= 0.3 is 0 Å². The van der Waals surface area contributed by atoms with Crippen molar-refractivity contribution in [3.05, 3.63) is 68.3 Å². The zero-order valence-electron chi connectivity index (χ0n) is 19.0. The van der Waals surface area contributed by atoms with Crippen LogP contribution in [-0.2, 0) is 12.8 Å². The Labute approximate surface area is 211 Å². The van der Waals surface area contributed by atoms with Crippen molar-refractivity contribution in [1.29, 1.82) is 0 Å². The van der Waals surface area contributed by atoms with Gasteiger partial charge in [-0.2, -0.15) is 0 Å². The molecule has 2 aromatic carbocycles. The topological polar surface area (TPSA) is 64.2 Å². The predicted octanol–water partition coefficient (Wildman–Crippen LogP) is 6.61. The van der Waals surface area contributed by atoms with E-state index in [4.69, 9.17) is 26.1 Å². The molecule has 2 aromatic heterocycles. The normalized spacial score (nSPS) is 15.3. The Morgan fingerprint density at radius 3 is 2.82 bits per heavy atom. The van der Waals surface area contributed by atoms with Gasteiger partial charge in [0.25, 0.3) is 5.56 Å². The molecule has 1 aliphatic rings. The van der Waals surface area contributed by atoms with E-state index in [0.717, 1.165) is 50.7 Å². The zero-order valence-corrected chi connectivity index (χ0v) is 21.4. The summed E-state index contributed by atoms with van der Waals surface area (Å²) in [6, 6.07) is 13.4. The summed E-state index contributed by atoms with van der Waals surface area (Å²) in [5.41, 5.74) is 1.92. The zero-order chi connectivity index (χ0) is 23.7. The van der Waals surface area contributed by atoms with Crippen molar-refractivity contribution in [1.82, 2.24) is 9.97 Å². The van der Waals surface area contributed by atoms with E-state index in [-0.39, 0.29) is 5.56 Å². The molecule has 8 heteroatoms. The van der Waals surface area contributed by atoms with E-state index in [1.165, 1.54) is 10.4 Å². The Kier molecular flexibility index (Phi) is 6.86. The number of aromatic nitrogens is 2. The minimum atomic E-state index is -0.0643. The van der Waals surface area contributed by atoms with Crippen LogP contribution in [0.25, 0.3) is 21.6 Å². The van der Waals surface area contributed by atoms with E-state index in [9.17, 15) is 4.79 Å². The Morgan fingerprint density at radius 1 is 1.21 bits per heavy atom. The molecular formula is C26H25ClN2O3S2. The SMILES string of the molecule is COc1cc(-c2nc3sc4c(c3c(=O)[nH]2)CC[C@H](C)C4)ccc1OCCSc1ccc(Cl)cc1. The number of hydrogen-bond acceptors (Lipinski definition) is 6. The summed E-state index contributed by atoms with van der Waals surface area (Å²) in [5, 5.41) is 1.49. The van der Waals surface area contributed by atoms with E-state index >= 15 is 0 Å². The predicted molar refractivity (Wildman–Crippen MR) is 141 cm³/mol. The lowest BCUT2D eigenvalue weighted by Crippen LogP contribution is -2.13. The molecule has 0 radical (unpaired) electrons. The maximum Gasteiger partial charge on any atom is 0.260 e. The van der Waals surface area contributed by atoms with Gasteiger partial charge in [0.05, 0.1) is 19.1 Å². The van der Waals surface area contributed by atoms with Crippen molar-refractivity contribution in [2.24, 2.45) is 5.92 Å². The lowest BCUT2D eigenvalue weighted by Gasteiger charge is -2.17. The van der Waals surface area contributed by atoms with Crippen LogP contribution in [0.4, 0.5) is 0 Å². The monoisotopic (exact) mass is 512 g/mol. The first-order valence-electron chi connectivity index (χ1n) is 11.3. The molecule has 176 valence electrons. The van der Waals surface area contributed by atoms with Gasteiger partial charge in [0, 0.05) is 26.1 Å². The van der Waals surface area contributed by atoms with E-state index in [1.54, 1.807) is 30.2 Å². The molecule has 0 spiro atoms. The molecule has 5 rings (SSSR count). The van der Waals surface area contributed by atoms with Gasteiger partial charge in [-0.1, -0.05) is 18.5 Å². The molecule has 0 bridgehead atoms. The standard InChI is InChI=1S/C26H25ClN2O3S2/c1-15-3-9-19-22(13-15)34-26-23(19)25(30)28-24(29-26)16-4-10-20(21(14-16)31-2)32-11-12-33-18-7-5-17(27)6-8-18/h4-8,10,14-15H,3,9,11-13H2,1-2H3,(H,28,29,30)/t15-/m0/s1. The summed E-state index contributed by atoms with van der Waals surface area (Å²) >= 11 is 9.30. The largest absolute Gasteiger partial charge is 0.493 e. The molecular weight excluding hydrogens is 488 g/mol. The number of thioether (sulfide) groups is 1. The molecule has 1 aliphatic carbocycles. The van der Waals surface area contributed by atoms with Crippen LogP contribution in [0, 0.1) is 5.92 Å². The van der Waals surface area contributed by atoms with Crippen molar-refractivity contribution in [3.63, 3.8) is 0 Å². The second kappa shape index (κ2) is 10.0. The van der Waals surface area contributed by atoms with Crippen LogP contribution in [0.15, 0.2) is 52.2 Å². The van der Waals surface area contributed by atoms with Crippen LogP contribution in [0.5, 0.6) is 11.5 Å². The number of aromatic amines is 1. The molecule has 0 fully saturated rings. The Morgan fingerprint density at radius 2 is 2.03 bits per heavy atom. The summed E-state index contributed by atoms with van der Waals surface area (Å²) in [4.78, 5) is 24.0. The average molecular weight is 513 g/mol. The summed E-state index contributed by atoms with van der Waals surface area (Å²) in [5.74, 6) is 3.26. The maximum atomic E-state index is 13.0. The number of benzene rings is 2. The molecule has 0 amide bonds.